The van der Waals surface area contributed by atoms with Crippen molar-refractivity contribution in [1.82, 2.24) is 44.5 Å². The number of pyridine rings is 1. The normalized spacial score (nSPS) is 25.3. The standard InChI is InChI=1S/C49H58FN13O5/c1-66-44-19-43(39(50)18-41(44)55-40-7-9-46(64)57-49(40)65)59-14-12-58(13-15-59)35-3-5-36(6-4-35)62-25-34(23-53-62)42-29-63-48(33(20-51)22-54-63)47(56-42)32-2-8-45(52-21-32)61-26-37-30-68-38(28-61)27-60(37)24-31-10-16-67-17-11-31/h2,8,18-19,21-23,25,29,31,35-38,40,55H,3-7,9-17,24,26-28,30H2,1H3,(H,57,64,65)/t35?,36?,37-,38?,40?/m1/s1. The maximum absolute atomic E-state index is 15.6. The molecular weight excluding hydrogens is 870 g/mol. The van der Waals surface area contributed by atoms with Gasteiger partial charge < -0.3 is 29.3 Å². The first kappa shape index (κ1) is 44.3. The molecule has 7 fully saturated rings. The van der Waals surface area contributed by atoms with E-state index in [0.717, 1.165) is 115 Å². The molecule has 3 atom stereocenters. The number of halogens is 1. The fourth-order valence-corrected chi connectivity index (χ4v) is 11.3. The number of nitrogens with one attached hydrogen (secondary N) is 2. The third kappa shape index (κ3) is 8.97. The quantitative estimate of drug-likeness (QED) is 0.176. The molecule has 4 aromatic heterocycles. The molecule has 6 saturated heterocycles. The number of morpholine rings is 1. The molecule has 0 spiro atoms. The number of anilines is 3. The molecule has 7 aliphatic rings. The monoisotopic (exact) mass is 927 g/mol. The molecule has 18 nitrogen and oxygen atoms in total. The minimum atomic E-state index is -0.641. The third-order valence-electron chi connectivity index (χ3n) is 15.1. The van der Waals surface area contributed by atoms with Crippen molar-refractivity contribution in [2.75, 3.05) is 94.4 Å². The van der Waals surface area contributed by atoms with Crippen LogP contribution in [0.4, 0.5) is 21.6 Å². The van der Waals surface area contributed by atoms with Crippen molar-refractivity contribution < 1.29 is 28.2 Å². The zero-order chi connectivity index (χ0) is 46.3. The van der Waals surface area contributed by atoms with Gasteiger partial charge in [-0.3, -0.25) is 29.4 Å². The van der Waals surface area contributed by atoms with E-state index in [-0.39, 0.29) is 30.3 Å². The molecule has 2 unspecified atom stereocenters. The third-order valence-corrected chi connectivity index (χ3v) is 15.1. The van der Waals surface area contributed by atoms with Crippen molar-refractivity contribution in [3.8, 4) is 34.3 Å². The summed E-state index contributed by atoms with van der Waals surface area (Å²) in [6.07, 6.45) is 16.2. The number of piperidine rings is 1. The van der Waals surface area contributed by atoms with Crippen LogP contribution in [0.1, 0.15) is 63.0 Å². The minimum Gasteiger partial charge on any atom is -0.495 e. The Morgan fingerprint density at radius 1 is 0.897 bits per heavy atom. The van der Waals surface area contributed by atoms with Gasteiger partial charge in [-0.15, -0.1) is 0 Å². The van der Waals surface area contributed by atoms with Crippen LogP contribution in [-0.2, 0) is 19.1 Å². The van der Waals surface area contributed by atoms with Gasteiger partial charge in [0.25, 0.3) is 0 Å². The van der Waals surface area contributed by atoms with Crippen molar-refractivity contribution in [3.05, 3.63) is 66.6 Å². The second kappa shape index (κ2) is 19.1. The highest BCUT2D eigenvalue weighted by Crippen LogP contribution is 2.37. The number of nitriles is 1. The summed E-state index contributed by atoms with van der Waals surface area (Å²) in [6.45, 7) is 9.14. The Labute approximate surface area is 394 Å². The molecule has 2 N–H and O–H groups in total. The van der Waals surface area contributed by atoms with Gasteiger partial charge in [-0.05, 0) is 63.0 Å². The molecule has 356 valence electrons. The van der Waals surface area contributed by atoms with Crippen LogP contribution in [0.2, 0.25) is 0 Å². The number of benzene rings is 1. The van der Waals surface area contributed by atoms with Crippen LogP contribution in [0.15, 0.2) is 55.2 Å². The van der Waals surface area contributed by atoms with Crippen LogP contribution in [0.5, 0.6) is 5.75 Å². The van der Waals surface area contributed by atoms with Gasteiger partial charge in [0.15, 0.2) is 0 Å². The molecule has 1 aromatic carbocycles. The molecule has 19 heteroatoms. The van der Waals surface area contributed by atoms with Gasteiger partial charge in [0.2, 0.25) is 11.8 Å². The number of ether oxygens (including phenoxy) is 3. The highest BCUT2D eigenvalue weighted by atomic mass is 19.1. The Balaban J connectivity index is 0.724. The number of nitrogens with zero attached hydrogens (tertiary/aromatic N) is 11. The Morgan fingerprint density at radius 2 is 1.72 bits per heavy atom. The van der Waals surface area contributed by atoms with Crippen molar-refractivity contribution >= 4 is 34.5 Å². The number of fused-ring (bicyclic) bond motifs is 5. The Kier molecular flexibility index (Phi) is 12.4. The van der Waals surface area contributed by atoms with Gasteiger partial charge in [0.05, 0.1) is 73.3 Å². The maximum Gasteiger partial charge on any atom is 0.249 e. The Bertz CT molecular complexity index is 2680. The topological polar surface area (TPSA) is 184 Å². The molecule has 12 rings (SSSR count). The Hall–Kier alpha value is -6.20. The fraction of sp³-hybridized carbons (Fsp3) is 0.531. The van der Waals surface area contributed by atoms with Crippen molar-refractivity contribution in [2.24, 2.45) is 5.92 Å². The number of aromatic nitrogens is 6. The van der Waals surface area contributed by atoms with E-state index in [4.69, 9.17) is 29.3 Å². The number of methoxy groups -OCH3 is 1. The van der Waals surface area contributed by atoms with E-state index >= 15 is 4.39 Å². The predicted molar refractivity (Wildman–Crippen MR) is 251 cm³/mol. The van der Waals surface area contributed by atoms with Crippen LogP contribution < -0.4 is 25.2 Å². The van der Waals surface area contributed by atoms with E-state index in [0.29, 0.717) is 77.1 Å². The lowest BCUT2D eigenvalue weighted by Crippen LogP contribution is -2.51. The molecule has 0 radical (unpaired) electrons. The van der Waals surface area contributed by atoms with E-state index in [1.165, 1.54) is 13.2 Å². The number of hydrogen-bond acceptors (Lipinski definition) is 15. The molecule has 68 heavy (non-hydrogen) atoms. The second-order valence-electron chi connectivity index (χ2n) is 19.2. The molecule has 2 bridgehead atoms. The first-order valence-electron chi connectivity index (χ1n) is 24.2. The highest BCUT2D eigenvalue weighted by molar-refractivity contribution is 6.01. The van der Waals surface area contributed by atoms with Crippen molar-refractivity contribution in [2.45, 2.75) is 81.6 Å². The van der Waals surface area contributed by atoms with Gasteiger partial charge in [0.1, 0.15) is 40.6 Å². The molecule has 6 aliphatic heterocycles. The van der Waals surface area contributed by atoms with E-state index in [2.05, 4.69) is 64.4 Å². The first-order chi connectivity index (χ1) is 33.3. The Morgan fingerprint density at radius 3 is 2.49 bits per heavy atom. The zero-order valence-electron chi connectivity index (χ0n) is 38.4. The largest absolute Gasteiger partial charge is 0.495 e. The number of rotatable bonds is 11. The predicted octanol–water partition coefficient (Wildman–Crippen LogP) is 4.51. The number of imide groups is 1. The summed E-state index contributed by atoms with van der Waals surface area (Å²) in [4.78, 5) is 43.7. The summed E-state index contributed by atoms with van der Waals surface area (Å²) in [7, 11) is 1.53. The summed E-state index contributed by atoms with van der Waals surface area (Å²) in [5.74, 6) is 0.910. The summed E-state index contributed by atoms with van der Waals surface area (Å²) < 4.78 is 37.0. The van der Waals surface area contributed by atoms with Crippen LogP contribution >= 0.6 is 0 Å². The van der Waals surface area contributed by atoms with Gasteiger partial charge in [-0.1, -0.05) is 0 Å². The number of amides is 2. The molecule has 5 aromatic rings. The number of hydrogen-bond donors (Lipinski definition) is 2. The fourth-order valence-electron chi connectivity index (χ4n) is 11.3. The van der Waals surface area contributed by atoms with E-state index < -0.39 is 11.9 Å². The average molecular weight is 928 g/mol. The lowest BCUT2D eigenvalue weighted by molar-refractivity contribution is -0.133. The second-order valence-corrected chi connectivity index (χ2v) is 19.2. The van der Waals surface area contributed by atoms with Gasteiger partial charge in [-0.25, -0.2) is 18.9 Å². The van der Waals surface area contributed by atoms with Gasteiger partial charge in [-0.2, -0.15) is 15.5 Å². The first-order valence-corrected chi connectivity index (χ1v) is 24.2. The van der Waals surface area contributed by atoms with Gasteiger partial charge in [0, 0.05) is 114 Å². The lowest BCUT2D eigenvalue weighted by atomic mass is 9.90. The van der Waals surface area contributed by atoms with E-state index in [1.807, 2.05) is 18.6 Å². The smallest absolute Gasteiger partial charge is 0.249 e. The summed E-state index contributed by atoms with van der Waals surface area (Å²) in [5.41, 5.74) is 4.99. The van der Waals surface area contributed by atoms with Gasteiger partial charge >= 0.3 is 0 Å². The molecule has 2 amide bonds. The minimum absolute atomic E-state index is 0.131. The number of carbonyl (C=O) groups excluding carboxylic acids is 2. The van der Waals surface area contributed by atoms with E-state index in [9.17, 15) is 14.9 Å². The zero-order valence-corrected chi connectivity index (χ0v) is 38.4. The SMILES string of the molecule is COc1cc(N2CCN(C3CCC(n4cc(-c5cn6ncc(C#N)c6c(-c6ccc(N7CC8CN(CC9CCOCC9)[C@@H](CO8)C7)nc6)n5)cn4)CC3)CC2)c(F)cc1NC1CCC(=O)NC1=O. The number of carbonyl (C=O) groups is 2. The van der Waals surface area contributed by atoms with Crippen LogP contribution in [0, 0.1) is 23.1 Å². The number of piperazine rings is 1. The van der Waals surface area contributed by atoms with Crippen molar-refractivity contribution in [3.63, 3.8) is 0 Å². The lowest BCUT2D eigenvalue weighted by Gasteiger charge is -2.42. The van der Waals surface area contributed by atoms with Crippen molar-refractivity contribution in [1.29, 1.82) is 5.26 Å². The summed E-state index contributed by atoms with van der Waals surface area (Å²) >= 11 is 0. The molecule has 1 saturated carbocycles. The van der Waals surface area contributed by atoms with E-state index in [1.54, 1.807) is 16.8 Å². The maximum atomic E-state index is 15.6. The van der Waals surface area contributed by atoms with Crippen LogP contribution in [0.3, 0.4) is 0 Å². The summed E-state index contributed by atoms with van der Waals surface area (Å²) in [5, 5.41) is 24.9. The molecule has 10 heterocycles. The molecular formula is C49H58FN13O5. The van der Waals surface area contributed by atoms with Crippen LogP contribution in [-0.4, -0.2) is 154 Å². The highest BCUT2D eigenvalue weighted by Gasteiger charge is 2.38. The van der Waals surface area contributed by atoms with Crippen LogP contribution in [0.25, 0.3) is 28.0 Å². The summed E-state index contributed by atoms with van der Waals surface area (Å²) in [6, 6.07) is 9.86. The molecule has 1 aliphatic carbocycles. The average Bonchev–Trinajstić information content (AvgIpc) is 3.94.